The number of hydrogen-bond donors (Lipinski definition) is 1. The Balaban J connectivity index is 1.54. The van der Waals surface area contributed by atoms with Gasteiger partial charge < -0.3 is 10.1 Å². The van der Waals surface area contributed by atoms with Gasteiger partial charge in [0.05, 0.1) is 11.4 Å². The molecule has 0 aliphatic carbocycles. The topological polar surface area (TPSA) is 102 Å². The zero-order valence-corrected chi connectivity index (χ0v) is 26.3. The Morgan fingerprint density at radius 2 is 1.75 bits per heavy atom. The van der Waals surface area contributed by atoms with Crippen LogP contribution in [0.4, 0.5) is 10.6 Å². The second kappa shape index (κ2) is 11.8. The molecular weight excluding hydrogens is 552 g/mol. The number of imidazole rings is 1. The highest BCUT2D eigenvalue weighted by molar-refractivity contribution is 5.96. The molecule has 5 aromatic rings. The first-order valence-corrected chi connectivity index (χ1v) is 14.4. The lowest BCUT2D eigenvalue weighted by molar-refractivity contribution is -0.120. The maximum Gasteiger partial charge on any atom is 0.410 e. The Labute approximate surface area is 257 Å². The number of rotatable bonds is 4. The summed E-state index contributed by atoms with van der Waals surface area (Å²) in [5, 5.41) is 5.02. The van der Waals surface area contributed by atoms with Crippen LogP contribution < -0.4 is 5.32 Å². The number of anilines is 1. The molecular formula is C35H36N6O3. The molecule has 224 valence electrons. The molecule has 5 rings (SSSR count). The number of ether oxygens (including phenoxy) is 1. The molecule has 2 amide bonds. The molecule has 4 aromatic heterocycles. The highest BCUT2D eigenvalue weighted by atomic mass is 16.6. The Morgan fingerprint density at radius 3 is 2.50 bits per heavy atom. The molecule has 1 atom stereocenters. The first-order chi connectivity index (χ1) is 20.8. The number of hydrogen-bond acceptors (Lipinski definition) is 6. The van der Waals surface area contributed by atoms with Crippen molar-refractivity contribution in [3.63, 3.8) is 0 Å². The van der Waals surface area contributed by atoms with E-state index in [0.717, 1.165) is 50.3 Å². The molecule has 4 heterocycles. The zero-order chi connectivity index (χ0) is 31.8. The van der Waals surface area contributed by atoms with Crippen molar-refractivity contribution in [1.82, 2.24) is 24.3 Å². The van der Waals surface area contributed by atoms with E-state index < -0.39 is 23.6 Å². The molecule has 1 N–H and O–H groups in total. The van der Waals surface area contributed by atoms with E-state index in [9.17, 15) is 9.59 Å². The molecule has 1 unspecified atom stereocenters. The molecule has 0 fully saturated rings. The van der Waals surface area contributed by atoms with E-state index >= 15 is 0 Å². The summed E-state index contributed by atoms with van der Waals surface area (Å²) < 4.78 is 7.51. The van der Waals surface area contributed by atoms with Crippen molar-refractivity contribution in [1.29, 1.82) is 0 Å². The van der Waals surface area contributed by atoms with Gasteiger partial charge in [-0.25, -0.2) is 14.8 Å². The summed E-state index contributed by atoms with van der Waals surface area (Å²) in [6, 6.07) is 16.8. The fourth-order valence-corrected chi connectivity index (χ4v) is 4.83. The smallest absolute Gasteiger partial charge is 0.410 e. The summed E-state index contributed by atoms with van der Waals surface area (Å²) in [5.41, 5.74) is 6.04. The molecule has 0 bridgehead atoms. The zero-order valence-electron chi connectivity index (χ0n) is 26.3. The number of pyridine rings is 3. The maximum absolute atomic E-state index is 13.3. The van der Waals surface area contributed by atoms with E-state index in [1.54, 1.807) is 40.0 Å². The normalized spacial score (nSPS) is 12.0. The lowest BCUT2D eigenvalue weighted by Crippen LogP contribution is -2.45. The number of carbonyl (C=O) groups excluding carboxylic acids is 2. The fraction of sp³-hybridized carbons (Fsp3) is 0.286. The van der Waals surface area contributed by atoms with E-state index in [1.807, 2.05) is 69.3 Å². The average molecular weight is 589 g/mol. The molecule has 9 nitrogen and oxygen atoms in total. The third-order valence-corrected chi connectivity index (χ3v) is 7.42. The van der Waals surface area contributed by atoms with Crippen LogP contribution in [0.2, 0.25) is 0 Å². The van der Waals surface area contributed by atoms with Crippen LogP contribution in [0.15, 0.2) is 60.8 Å². The standard InChI is InChI=1S/C35H36N6O3/c1-21-23(3)41-30(10-9-11-32(41)37-21)27-19-28(14-12-25-13-15-29-22(2)36-17-16-26(29)18-25)38-31(20-27)39-33(42)24(4)40(8)34(43)44-35(5,6)7/h9-11,13,15-20,24H,1-8H3,(H,38,39,42). The van der Waals surface area contributed by atoms with Crippen molar-refractivity contribution in [3.8, 4) is 23.1 Å². The number of nitrogens with zero attached hydrogens (tertiary/aromatic N) is 5. The fourth-order valence-electron chi connectivity index (χ4n) is 4.83. The van der Waals surface area contributed by atoms with Crippen molar-refractivity contribution >= 4 is 34.2 Å². The van der Waals surface area contributed by atoms with E-state index in [0.29, 0.717) is 11.5 Å². The van der Waals surface area contributed by atoms with Gasteiger partial charge >= 0.3 is 6.09 Å². The minimum absolute atomic E-state index is 0.313. The number of amides is 2. The number of aryl methyl sites for hydroxylation is 3. The summed E-state index contributed by atoms with van der Waals surface area (Å²) in [7, 11) is 1.53. The van der Waals surface area contributed by atoms with Crippen LogP contribution in [-0.2, 0) is 9.53 Å². The molecule has 0 radical (unpaired) electrons. The Bertz CT molecular complexity index is 1980. The van der Waals surface area contributed by atoms with E-state index in [4.69, 9.17) is 4.74 Å². The third kappa shape index (κ3) is 6.40. The van der Waals surface area contributed by atoms with Gasteiger partial charge in [-0.15, -0.1) is 0 Å². The predicted molar refractivity (Wildman–Crippen MR) is 172 cm³/mol. The largest absolute Gasteiger partial charge is 0.444 e. The van der Waals surface area contributed by atoms with Crippen LogP contribution in [0, 0.1) is 32.6 Å². The summed E-state index contributed by atoms with van der Waals surface area (Å²) in [4.78, 5) is 40.9. The molecule has 0 saturated heterocycles. The average Bonchev–Trinajstić information content (AvgIpc) is 3.27. The second-order valence-electron chi connectivity index (χ2n) is 11.9. The van der Waals surface area contributed by atoms with Crippen molar-refractivity contribution in [3.05, 3.63) is 89.1 Å². The Kier molecular flexibility index (Phi) is 8.11. The Hall–Kier alpha value is -5.23. The highest BCUT2D eigenvalue weighted by Gasteiger charge is 2.27. The van der Waals surface area contributed by atoms with Crippen molar-refractivity contribution in [2.75, 3.05) is 12.4 Å². The molecule has 9 heteroatoms. The quantitative estimate of drug-likeness (QED) is 0.242. The van der Waals surface area contributed by atoms with Crippen molar-refractivity contribution < 1.29 is 14.3 Å². The summed E-state index contributed by atoms with van der Waals surface area (Å²) in [6.07, 6.45) is 1.20. The second-order valence-corrected chi connectivity index (χ2v) is 11.9. The van der Waals surface area contributed by atoms with Crippen LogP contribution in [0.1, 0.15) is 56.0 Å². The summed E-state index contributed by atoms with van der Waals surface area (Å²) in [5.74, 6) is 6.32. The molecule has 0 spiro atoms. The lowest BCUT2D eigenvalue weighted by Gasteiger charge is -2.28. The van der Waals surface area contributed by atoms with Gasteiger partial charge in [0, 0.05) is 41.1 Å². The number of carbonyl (C=O) groups is 2. The number of aromatic nitrogens is 4. The number of benzene rings is 1. The lowest BCUT2D eigenvalue weighted by atomic mass is 10.1. The van der Waals surface area contributed by atoms with Gasteiger partial charge in [-0.05, 0) is 102 Å². The first-order valence-electron chi connectivity index (χ1n) is 14.4. The summed E-state index contributed by atoms with van der Waals surface area (Å²) in [6.45, 7) is 13.0. The van der Waals surface area contributed by atoms with Gasteiger partial charge in [0.25, 0.3) is 0 Å². The van der Waals surface area contributed by atoms with Crippen molar-refractivity contribution in [2.24, 2.45) is 0 Å². The molecule has 0 aliphatic rings. The minimum Gasteiger partial charge on any atom is -0.444 e. The van der Waals surface area contributed by atoms with Crippen molar-refractivity contribution in [2.45, 2.75) is 60.1 Å². The van der Waals surface area contributed by atoms with E-state index in [1.165, 1.54) is 11.9 Å². The van der Waals surface area contributed by atoms with Gasteiger partial charge in [-0.2, -0.15) is 0 Å². The Morgan fingerprint density at radius 1 is 0.977 bits per heavy atom. The van der Waals surface area contributed by atoms with Gasteiger partial charge in [0.1, 0.15) is 28.8 Å². The van der Waals surface area contributed by atoms with Gasteiger partial charge in [-0.1, -0.05) is 18.1 Å². The van der Waals surface area contributed by atoms with Gasteiger partial charge in [0.2, 0.25) is 5.91 Å². The van der Waals surface area contributed by atoms with Crippen LogP contribution in [0.5, 0.6) is 0 Å². The third-order valence-electron chi connectivity index (χ3n) is 7.42. The number of nitrogens with one attached hydrogen (secondary N) is 1. The van der Waals surface area contributed by atoms with Gasteiger partial charge in [-0.3, -0.25) is 19.1 Å². The van der Waals surface area contributed by atoms with Crippen LogP contribution >= 0.6 is 0 Å². The van der Waals surface area contributed by atoms with Crippen LogP contribution in [-0.4, -0.2) is 54.9 Å². The molecule has 0 aliphatic heterocycles. The van der Waals surface area contributed by atoms with Crippen LogP contribution in [0.25, 0.3) is 27.7 Å². The van der Waals surface area contributed by atoms with Gasteiger partial charge in [0.15, 0.2) is 0 Å². The predicted octanol–water partition coefficient (Wildman–Crippen LogP) is 6.46. The van der Waals surface area contributed by atoms with Crippen LogP contribution in [0.3, 0.4) is 0 Å². The first kappa shape index (κ1) is 30.2. The number of likely N-dealkylation sites (N-methyl/N-ethyl adjacent to an activating group) is 1. The highest BCUT2D eigenvalue weighted by Crippen LogP contribution is 2.27. The maximum atomic E-state index is 13.3. The molecule has 0 saturated carbocycles. The monoisotopic (exact) mass is 588 g/mol. The summed E-state index contributed by atoms with van der Waals surface area (Å²) >= 11 is 0. The number of fused-ring (bicyclic) bond motifs is 2. The van der Waals surface area contributed by atoms with E-state index in [2.05, 4.69) is 36.5 Å². The minimum atomic E-state index is -0.817. The SMILES string of the molecule is Cc1nc2cccc(-c3cc(C#Cc4ccc5c(C)nccc5c4)nc(NC(=O)C(C)N(C)C(=O)OC(C)(C)C)c3)n2c1C. The molecule has 44 heavy (non-hydrogen) atoms. The molecule has 1 aromatic carbocycles. The van der Waals surface area contributed by atoms with E-state index in [-0.39, 0.29) is 0 Å².